The van der Waals surface area contributed by atoms with Crippen molar-refractivity contribution in [2.75, 3.05) is 7.11 Å². The minimum absolute atomic E-state index is 0.335. The highest BCUT2D eigenvalue weighted by molar-refractivity contribution is 4.89. The minimum atomic E-state index is -1.10. The van der Waals surface area contributed by atoms with Crippen molar-refractivity contribution < 1.29 is 34.3 Å². The van der Waals surface area contributed by atoms with Crippen LogP contribution in [-0.4, -0.2) is 71.6 Å². The van der Waals surface area contributed by atoms with E-state index in [4.69, 9.17) is 18.9 Å². The Labute approximate surface area is 118 Å². The van der Waals surface area contributed by atoms with Crippen LogP contribution >= 0.6 is 0 Å². The summed E-state index contributed by atoms with van der Waals surface area (Å²) in [6.07, 6.45) is -4.62. The van der Waals surface area contributed by atoms with Crippen LogP contribution in [0.4, 0.5) is 0 Å². The first-order valence-corrected chi connectivity index (χ1v) is 6.97. The number of aliphatic hydroxyl groups is 3. The second kappa shape index (κ2) is 6.65. The fraction of sp³-hybridized carbons (Fsp3) is 1.00. The van der Waals surface area contributed by atoms with Crippen LogP contribution in [-0.2, 0) is 18.9 Å². The van der Waals surface area contributed by atoms with Gasteiger partial charge in [0.1, 0.15) is 18.3 Å². The molecule has 0 aromatic heterocycles. The molecule has 0 unspecified atom stereocenters. The van der Waals surface area contributed by atoms with E-state index in [9.17, 15) is 15.3 Å². The van der Waals surface area contributed by atoms with E-state index in [0.29, 0.717) is 12.8 Å². The summed E-state index contributed by atoms with van der Waals surface area (Å²) in [7, 11) is 1.42. The lowest BCUT2D eigenvalue weighted by Crippen LogP contribution is -2.59. The largest absolute Gasteiger partial charge is 0.390 e. The molecule has 0 aromatic rings. The van der Waals surface area contributed by atoms with Crippen LogP contribution in [0.1, 0.15) is 26.7 Å². The van der Waals surface area contributed by atoms with Gasteiger partial charge in [-0.1, -0.05) is 0 Å². The molecule has 0 saturated carbocycles. The van der Waals surface area contributed by atoms with Gasteiger partial charge in [-0.2, -0.15) is 0 Å². The molecule has 7 heteroatoms. The van der Waals surface area contributed by atoms with Gasteiger partial charge in [-0.25, -0.2) is 0 Å². The number of hydrogen-bond donors (Lipinski definition) is 3. The lowest BCUT2D eigenvalue weighted by molar-refractivity contribution is -0.327. The molecule has 2 rings (SSSR count). The van der Waals surface area contributed by atoms with Crippen molar-refractivity contribution in [3.05, 3.63) is 0 Å². The van der Waals surface area contributed by atoms with Gasteiger partial charge in [0, 0.05) is 13.5 Å². The number of hydrogen-bond acceptors (Lipinski definition) is 7. The van der Waals surface area contributed by atoms with Gasteiger partial charge in [0.15, 0.2) is 12.6 Å². The van der Waals surface area contributed by atoms with E-state index in [1.54, 1.807) is 13.8 Å². The first-order chi connectivity index (χ1) is 9.43. The Morgan fingerprint density at radius 3 is 2.25 bits per heavy atom. The summed E-state index contributed by atoms with van der Waals surface area (Å²) < 4.78 is 21.6. The quantitative estimate of drug-likeness (QED) is 0.637. The van der Waals surface area contributed by atoms with E-state index in [-0.39, 0.29) is 6.10 Å². The van der Waals surface area contributed by atoms with Crippen LogP contribution in [0, 0.1) is 0 Å². The van der Waals surface area contributed by atoms with E-state index in [2.05, 4.69) is 0 Å². The molecule has 0 aliphatic carbocycles. The van der Waals surface area contributed by atoms with Crippen LogP contribution in [0.2, 0.25) is 0 Å². The van der Waals surface area contributed by atoms with Crippen LogP contribution in [0.5, 0.6) is 0 Å². The number of aliphatic hydroxyl groups excluding tert-OH is 3. The molecule has 7 nitrogen and oxygen atoms in total. The van der Waals surface area contributed by atoms with Gasteiger partial charge >= 0.3 is 0 Å². The Hall–Kier alpha value is -0.280. The highest BCUT2D eigenvalue weighted by atomic mass is 16.7. The summed E-state index contributed by atoms with van der Waals surface area (Å²) in [6, 6.07) is 0. The van der Waals surface area contributed by atoms with E-state index in [1.807, 2.05) is 0 Å². The topological polar surface area (TPSA) is 97.6 Å². The molecule has 118 valence electrons. The van der Waals surface area contributed by atoms with Crippen LogP contribution in [0.15, 0.2) is 0 Å². The smallest absolute Gasteiger partial charge is 0.186 e. The SMILES string of the molecule is CO[C@@H]1O[C@@H](C)[C@@H](O)[C@@H](O[C@H]2CC[C@@H](O)[C@H](C)O2)[C@@H]1O. The molecule has 0 radical (unpaired) electrons. The third kappa shape index (κ3) is 3.30. The van der Waals surface area contributed by atoms with Crippen molar-refractivity contribution in [2.45, 2.75) is 75.9 Å². The molecule has 2 saturated heterocycles. The predicted molar refractivity (Wildman–Crippen MR) is 67.8 cm³/mol. The van der Waals surface area contributed by atoms with Gasteiger partial charge in [0.2, 0.25) is 0 Å². The molecule has 2 aliphatic heterocycles. The average molecular weight is 292 g/mol. The first-order valence-electron chi connectivity index (χ1n) is 6.97. The lowest BCUT2D eigenvalue weighted by atomic mass is 9.99. The van der Waals surface area contributed by atoms with Crippen LogP contribution in [0.3, 0.4) is 0 Å². The molecule has 2 fully saturated rings. The predicted octanol–water partition coefficient (Wildman–Crippen LogP) is -0.630. The third-order valence-electron chi connectivity index (χ3n) is 3.93. The fourth-order valence-corrected chi connectivity index (χ4v) is 2.57. The summed E-state index contributed by atoms with van der Waals surface area (Å²) in [5.74, 6) is 0. The fourth-order valence-electron chi connectivity index (χ4n) is 2.57. The maximum absolute atomic E-state index is 10.1. The van der Waals surface area contributed by atoms with Crippen molar-refractivity contribution in [3.63, 3.8) is 0 Å². The summed E-state index contributed by atoms with van der Waals surface area (Å²) in [5.41, 5.74) is 0. The Morgan fingerprint density at radius 2 is 1.65 bits per heavy atom. The zero-order valence-electron chi connectivity index (χ0n) is 12.0. The maximum atomic E-state index is 10.1. The molecule has 2 aliphatic rings. The van der Waals surface area contributed by atoms with E-state index < -0.39 is 43.1 Å². The molecule has 8 atom stereocenters. The molecule has 0 aromatic carbocycles. The highest BCUT2D eigenvalue weighted by Crippen LogP contribution is 2.28. The Morgan fingerprint density at radius 1 is 0.950 bits per heavy atom. The summed E-state index contributed by atoms with van der Waals surface area (Å²) in [6.45, 7) is 3.45. The Kier molecular flexibility index (Phi) is 5.36. The zero-order valence-corrected chi connectivity index (χ0v) is 12.0. The maximum Gasteiger partial charge on any atom is 0.186 e. The number of ether oxygens (including phenoxy) is 4. The van der Waals surface area contributed by atoms with Crippen molar-refractivity contribution in [3.8, 4) is 0 Å². The van der Waals surface area contributed by atoms with Crippen molar-refractivity contribution in [2.24, 2.45) is 0 Å². The number of methoxy groups -OCH3 is 1. The van der Waals surface area contributed by atoms with Gasteiger partial charge in [-0.05, 0) is 20.3 Å². The molecule has 2 heterocycles. The zero-order chi connectivity index (χ0) is 14.9. The van der Waals surface area contributed by atoms with Gasteiger partial charge in [-0.3, -0.25) is 0 Å². The van der Waals surface area contributed by atoms with Crippen molar-refractivity contribution >= 4 is 0 Å². The van der Waals surface area contributed by atoms with Gasteiger partial charge in [0.05, 0.1) is 18.3 Å². The summed E-state index contributed by atoms with van der Waals surface area (Å²) >= 11 is 0. The standard InChI is InChI=1S/C13H24O7/c1-6-8(14)4-5-9(18-6)20-12-10(15)7(2)19-13(17-3)11(12)16/h6-16H,4-5H2,1-3H3/t6-,7-,8+,9-,10+,11-,12+,13+/m0/s1. The Balaban J connectivity index is 1.98. The summed E-state index contributed by atoms with van der Waals surface area (Å²) in [5, 5.41) is 29.8. The Bertz CT molecular complexity index is 313. The molecule has 3 N–H and O–H groups in total. The van der Waals surface area contributed by atoms with E-state index >= 15 is 0 Å². The van der Waals surface area contributed by atoms with Crippen LogP contribution < -0.4 is 0 Å². The molecular formula is C13H24O7. The lowest BCUT2D eigenvalue weighted by Gasteiger charge is -2.43. The van der Waals surface area contributed by atoms with E-state index in [0.717, 1.165) is 0 Å². The van der Waals surface area contributed by atoms with Crippen molar-refractivity contribution in [1.82, 2.24) is 0 Å². The van der Waals surface area contributed by atoms with Crippen molar-refractivity contribution in [1.29, 1.82) is 0 Å². The van der Waals surface area contributed by atoms with Gasteiger partial charge in [-0.15, -0.1) is 0 Å². The molecule has 0 spiro atoms. The van der Waals surface area contributed by atoms with Gasteiger partial charge < -0.3 is 34.3 Å². The van der Waals surface area contributed by atoms with Gasteiger partial charge in [0.25, 0.3) is 0 Å². The molecule has 20 heavy (non-hydrogen) atoms. The molecule has 0 amide bonds. The molecule has 0 bridgehead atoms. The normalized spacial score (nSPS) is 50.1. The monoisotopic (exact) mass is 292 g/mol. The first kappa shape index (κ1) is 16.1. The average Bonchev–Trinajstić information content (AvgIpc) is 2.42. The van der Waals surface area contributed by atoms with Crippen LogP contribution in [0.25, 0.3) is 0 Å². The number of rotatable bonds is 3. The highest BCUT2D eigenvalue weighted by Gasteiger charge is 2.45. The second-order valence-electron chi connectivity index (χ2n) is 5.44. The molecular weight excluding hydrogens is 268 g/mol. The third-order valence-corrected chi connectivity index (χ3v) is 3.93. The van der Waals surface area contributed by atoms with E-state index in [1.165, 1.54) is 7.11 Å². The minimum Gasteiger partial charge on any atom is -0.390 e. The summed E-state index contributed by atoms with van der Waals surface area (Å²) in [4.78, 5) is 0. The second-order valence-corrected chi connectivity index (χ2v) is 5.44.